The van der Waals surface area contributed by atoms with Crippen LogP contribution in [-0.2, 0) is 6.54 Å². The van der Waals surface area contributed by atoms with Gasteiger partial charge in [-0.1, -0.05) is 64.4 Å². The molecule has 156 valence electrons. The number of ether oxygens (including phenoxy) is 2. The number of hydrogen-bond donors (Lipinski definition) is 0. The van der Waals surface area contributed by atoms with Crippen molar-refractivity contribution in [3.05, 3.63) is 53.3 Å². The molecular weight excluding hydrogens is 360 g/mol. The first kappa shape index (κ1) is 21.4. The summed E-state index contributed by atoms with van der Waals surface area (Å²) in [5.41, 5.74) is 4.13. The second kappa shape index (κ2) is 9.43. The number of rotatable bonds is 6. The Balaban J connectivity index is 1.95. The highest BCUT2D eigenvalue weighted by molar-refractivity contribution is 6.01. The molecule has 0 spiro atoms. The number of aliphatic imine (C=N–C) groups is 1. The van der Waals surface area contributed by atoms with Crippen molar-refractivity contribution < 1.29 is 9.47 Å². The number of pyridine rings is 1. The highest BCUT2D eigenvalue weighted by Crippen LogP contribution is 2.37. The molecule has 29 heavy (non-hydrogen) atoms. The van der Waals surface area contributed by atoms with Crippen LogP contribution in [0.25, 0.3) is 0 Å². The van der Waals surface area contributed by atoms with E-state index in [0.29, 0.717) is 25.7 Å². The van der Waals surface area contributed by atoms with E-state index in [2.05, 4.69) is 52.0 Å². The smallest absolute Gasteiger partial charge is 0.150 e. The van der Waals surface area contributed by atoms with Crippen LogP contribution in [-0.4, -0.2) is 23.9 Å². The fraction of sp³-hybridized carbons (Fsp3) is 0.520. The molecule has 0 fully saturated rings. The van der Waals surface area contributed by atoms with Crippen LogP contribution in [0.3, 0.4) is 0 Å². The van der Waals surface area contributed by atoms with E-state index in [0.717, 1.165) is 47.9 Å². The van der Waals surface area contributed by atoms with Gasteiger partial charge in [-0.15, -0.1) is 0 Å². The van der Waals surface area contributed by atoms with Crippen molar-refractivity contribution in [3.63, 3.8) is 0 Å². The van der Waals surface area contributed by atoms with Crippen LogP contribution >= 0.6 is 0 Å². The Kier molecular flexibility index (Phi) is 6.94. The van der Waals surface area contributed by atoms with Crippen LogP contribution in [0.4, 0.5) is 0 Å². The zero-order valence-corrected chi connectivity index (χ0v) is 18.5. The largest absolute Gasteiger partial charge is 0.492 e. The monoisotopic (exact) mass is 394 g/mol. The summed E-state index contributed by atoms with van der Waals surface area (Å²) in [6.07, 6.45) is 3.01. The molecule has 1 aliphatic rings. The highest BCUT2D eigenvalue weighted by atomic mass is 16.5. The molecule has 1 atom stereocenters. The van der Waals surface area contributed by atoms with Gasteiger partial charge in [-0.25, -0.2) is 4.98 Å². The van der Waals surface area contributed by atoms with Gasteiger partial charge in [-0.05, 0) is 30.7 Å². The minimum Gasteiger partial charge on any atom is -0.492 e. The van der Waals surface area contributed by atoms with Gasteiger partial charge >= 0.3 is 0 Å². The van der Waals surface area contributed by atoms with Gasteiger partial charge in [0.05, 0.1) is 31.2 Å². The Labute approximate surface area is 175 Å². The van der Waals surface area contributed by atoms with Crippen LogP contribution in [0.1, 0.15) is 63.9 Å². The molecule has 1 aromatic heterocycles. The lowest BCUT2D eigenvalue weighted by Crippen LogP contribution is -2.27. The topological polar surface area (TPSA) is 43.7 Å². The SMILES string of the molecule is CCCCOc1cc2c(nc1C)/C(=N/Cc1ccccc1)CC(C(C)(C)C)CO2. The lowest BCUT2D eigenvalue weighted by Gasteiger charge is -2.29. The molecule has 0 saturated carbocycles. The normalized spacial score (nSPS) is 18.1. The molecule has 3 rings (SSSR count). The van der Waals surface area contributed by atoms with Crippen LogP contribution in [0.5, 0.6) is 11.5 Å². The second-order valence-electron chi connectivity index (χ2n) is 8.95. The third kappa shape index (κ3) is 5.59. The molecule has 4 heteroatoms. The van der Waals surface area contributed by atoms with Crippen molar-refractivity contribution >= 4 is 5.71 Å². The molecule has 0 aliphatic carbocycles. The number of hydrogen-bond acceptors (Lipinski definition) is 4. The molecule has 4 nitrogen and oxygen atoms in total. The molecule has 0 radical (unpaired) electrons. The zero-order chi connectivity index (χ0) is 20.9. The van der Waals surface area contributed by atoms with Gasteiger partial charge in [0.1, 0.15) is 11.4 Å². The molecule has 2 aromatic rings. The quantitative estimate of drug-likeness (QED) is 0.564. The van der Waals surface area contributed by atoms with E-state index in [1.807, 2.05) is 19.1 Å². The number of aryl methyl sites for hydroxylation is 1. The predicted molar refractivity (Wildman–Crippen MR) is 119 cm³/mol. The van der Waals surface area contributed by atoms with Gasteiger partial charge in [0.15, 0.2) is 5.75 Å². The van der Waals surface area contributed by atoms with Crippen LogP contribution in [0.2, 0.25) is 0 Å². The third-order valence-corrected chi connectivity index (χ3v) is 5.56. The van der Waals surface area contributed by atoms with Gasteiger partial charge in [0.2, 0.25) is 0 Å². The van der Waals surface area contributed by atoms with E-state index in [4.69, 9.17) is 19.5 Å². The summed E-state index contributed by atoms with van der Waals surface area (Å²) < 4.78 is 12.2. The first-order valence-corrected chi connectivity index (χ1v) is 10.7. The van der Waals surface area contributed by atoms with Crippen LogP contribution in [0, 0.1) is 18.3 Å². The summed E-state index contributed by atoms with van der Waals surface area (Å²) in [5.74, 6) is 1.98. The lowest BCUT2D eigenvalue weighted by atomic mass is 9.78. The number of unbranched alkanes of at least 4 members (excludes halogenated alkanes) is 1. The molecule has 1 aliphatic heterocycles. The third-order valence-electron chi connectivity index (χ3n) is 5.56. The Bertz CT molecular complexity index is 838. The first-order chi connectivity index (χ1) is 13.9. The zero-order valence-electron chi connectivity index (χ0n) is 18.5. The number of fused-ring (bicyclic) bond motifs is 1. The standard InChI is InChI=1S/C25H34N2O2/c1-6-7-13-28-22-15-23-24(27-18(22)2)21(14-20(17-29-23)25(3,4)5)26-16-19-11-9-8-10-12-19/h8-12,15,20H,6-7,13-14,16-17H2,1-5H3/b26-21+. The number of aromatic nitrogens is 1. The summed E-state index contributed by atoms with van der Waals surface area (Å²) in [5, 5.41) is 0. The molecule has 2 heterocycles. The minimum absolute atomic E-state index is 0.130. The molecule has 1 unspecified atom stereocenters. The van der Waals surface area contributed by atoms with Gasteiger partial charge in [0, 0.05) is 12.0 Å². The van der Waals surface area contributed by atoms with Crippen molar-refractivity contribution in [2.24, 2.45) is 16.3 Å². The average molecular weight is 395 g/mol. The van der Waals surface area contributed by atoms with Crippen LogP contribution in [0.15, 0.2) is 41.4 Å². The second-order valence-corrected chi connectivity index (χ2v) is 8.95. The van der Waals surface area contributed by atoms with Crippen molar-refractivity contribution in [3.8, 4) is 11.5 Å². The summed E-state index contributed by atoms with van der Waals surface area (Å²) in [7, 11) is 0. The molecule has 0 amide bonds. The Hall–Kier alpha value is -2.36. The van der Waals surface area contributed by atoms with Crippen molar-refractivity contribution in [2.75, 3.05) is 13.2 Å². The van der Waals surface area contributed by atoms with Gasteiger partial charge in [0.25, 0.3) is 0 Å². The molecule has 0 N–H and O–H groups in total. The molecule has 1 aromatic carbocycles. The molecule has 0 saturated heterocycles. The maximum Gasteiger partial charge on any atom is 0.150 e. The highest BCUT2D eigenvalue weighted by Gasteiger charge is 2.32. The first-order valence-electron chi connectivity index (χ1n) is 10.7. The van der Waals surface area contributed by atoms with Crippen molar-refractivity contribution in [1.29, 1.82) is 0 Å². The minimum atomic E-state index is 0.130. The van der Waals surface area contributed by atoms with Gasteiger partial charge in [-0.2, -0.15) is 0 Å². The summed E-state index contributed by atoms with van der Waals surface area (Å²) in [6, 6.07) is 12.4. The van der Waals surface area contributed by atoms with E-state index in [1.165, 1.54) is 5.56 Å². The van der Waals surface area contributed by atoms with Crippen molar-refractivity contribution in [2.45, 2.75) is 60.4 Å². The maximum atomic E-state index is 6.25. The Morgan fingerprint density at radius 3 is 2.66 bits per heavy atom. The fourth-order valence-corrected chi connectivity index (χ4v) is 3.40. The molecular formula is C25H34N2O2. The Morgan fingerprint density at radius 2 is 1.97 bits per heavy atom. The molecule has 0 bridgehead atoms. The van der Waals surface area contributed by atoms with Gasteiger partial charge < -0.3 is 9.47 Å². The van der Waals surface area contributed by atoms with E-state index < -0.39 is 0 Å². The average Bonchev–Trinajstić information content (AvgIpc) is 2.87. The lowest BCUT2D eigenvalue weighted by molar-refractivity contribution is 0.155. The van der Waals surface area contributed by atoms with Crippen LogP contribution < -0.4 is 9.47 Å². The fourth-order valence-electron chi connectivity index (χ4n) is 3.40. The summed E-state index contributed by atoms with van der Waals surface area (Å²) >= 11 is 0. The van der Waals surface area contributed by atoms with E-state index in [-0.39, 0.29) is 5.41 Å². The predicted octanol–water partition coefficient (Wildman–Crippen LogP) is 6.00. The van der Waals surface area contributed by atoms with E-state index in [9.17, 15) is 0 Å². The van der Waals surface area contributed by atoms with E-state index >= 15 is 0 Å². The summed E-state index contributed by atoms with van der Waals surface area (Å²) in [4.78, 5) is 9.88. The van der Waals surface area contributed by atoms with E-state index in [1.54, 1.807) is 0 Å². The number of benzene rings is 1. The van der Waals surface area contributed by atoms with Gasteiger partial charge in [-0.3, -0.25) is 4.99 Å². The summed E-state index contributed by atoms with van der Waals surface area (Å²) in [6.45, 7) is 13.0. The maximum absolute atomic E-state index is 6.25. The number of nitrogens with zero attached hydrogens (tertiary/aromatic N) is 2. The van der Waals surface area contributed by atoms with Crippen molar-refractivity contribution in [1.82, 2.24) is 4.98 Å². The Morgan fingerprint density at radius 1 is 1.21 bits per heavy atom.